The average Bonchev–Trinajstić information content (AvgIpc) is 2.66. The number of halogens is 1. The van der Waals surface area contributed by atoms with Crippen molar-refractivity contribution in [3.05, 3.63) is 63.0 Å². The lowest BCUT2D eigenvalue weighted by Crippen LogP contribution is -2.11. The van der Waals surface area contributed by atoms with Crippen LogP contribution >= 0.6 is 11.6 Å². The van der Waals surface area contributed by atoms with Crippen LogP contribution in [0, 0.1) is 0 Å². The average molecular weight is 385 g/mol. The van der Waals surface area contributed by atoms with E-state index in [0.29, 0.717) is 40.9 Å². The lowest BCUT2D eigenvalue weighted by atomic mass is 10.1. The van der Waals surface area contributed by atoms with Gasteiger partial charge in [0.05, 0.1) is 29.3 Å². The largest absolute Gasteiger partial charge is 0.490 e. The van der Waals surface area contributed by atoms with E-state index < -0.39 is 0 Å². The van der Waals surface area contributed by atoms with Crippen LogP contribution in [0.15, 0.2) is 41.2 Å². The molecule has 0 aliphatic heterocycles. The van der Waals surface area contributed by atoms with E-state index in [1.54, 1.807) is 18.2 Å². The molecule has 2 aromatic carbocycles. The molecule has 1 heterocycles. The predicted molar refractivity (Wildman–Crippen MR) is 110 cm³/mol. The summed E-state index contributed by atoms with van der Waals surface area (Å²) in [6, 6.07) is 11.0. The molecule has 0 aliphatic rings. The van der Waals surface area contributed by atoms with E-state index in [4.69, 9.17) is 21.1 Å². The van der Waals surface area contributed by atoms with Crippen molar-refractivity contribution in [1.29, 1.82) is 0 Å². The van der Waals surface area contributed by atoms with Gasteiger partial charge in [-0.15, -0.1) is 0 Å². The van der Waals surface area contributed by atoms with Gasteiger partial charge in [-0.2, -0.15) is 0 Å². The summed E-state index contributed by atoms with van der Waals surface area (Å²) in [5.41, 5.74) is 2.31. The number of nitrogens with one attached hydrogen (secondary N) is 1. The first-order chi connectivity index (χ1) is 13.1. The van der Waals surface area contributed by atoms with Crippen molar-refractivity contribution in [2.24, 2.45) is 0 Å². The Kier molecular flexibility index (Phi) is 6.14. The predicted octanol–water partition coefficient (Wildman–Crippen LogP) is 4.93. The fraction of sp³-hybridized carbons (Fsp3) is 0.238. The Bertz CT molecular complexity index is 1030. The van der Waals surface area contributed by atoms with Crippen LogP contribution in [0.5, 0.6) is 11.5 Å². The van der Waals surface area contributed by atoms with E-state index in [2.05, 4.69) is 9.97 Å². The molecular formula is C21H21ClN2O3. The van der Waals surface area contributed by atoms with Gasteiger partial charge in [0.1, 0.15) is 5.69 Å². The van der Waals surface area contributed by atoms with E-state index in [1.807, 2.05) is 44.2 Å². The van der Waals surface area contributed by atoms with E-state index in [9.17, 15) is 4.79 Å². The van der Waals surface area contributed by atoms with Gasteiger partial charge >= 0.3 is 0 Å². The zero-order valence-electron chi connectivity index (χ0n) is 15.3. The topological polar surface area (TPSA) is 64.2 Å². The van der Waals surface area contributed by atoms with Crippen LogP contribution in [-0.2, 0) is 0 Å². The minimum atomic E-state index is -0.246. The maximum absolute atomic E-state index is 12.2. The SMILES string of the molecule is CCCOc1c(Cl)cc(/C=C/c2nc3ccccc3[nH]c2=O)cc1OCC. The maximum atomic E-state index is 12.2. The highest BCUT2D eigenvalue weighted by atomic mass is 35.5. The van der Waals surface area contributed by atoms with Gasteiger partial charge < -0.3 is 14.5 Å². The Hall–Kier alpha value is -2.79. The van der Waals surface area contributed by atoms with E-state index >= 15 is 0 Å². The summed E-state index contributed by atoms with van der Waals surface area (Å²) in [4.78, 5) is 19.5. The van der Waals surface area contributed by atoms with Gasteiger partial charge in [-0.1, -0.05) is 36.7 Å². The highest BCUT2D eigenvalue weighted by Crippen LogP contribution is 2.37. The van der Waals surface area contributed by atoms with E-state index in [0.717, 1.165) is 17.5 Å². The number of aromatic amines is 1. The van der Waals surface area contributed by atoms with Crippen LogP contribution in [0.2, 0.25) is 5.02 Å². The molecule has 0 amide bonds. The molecule has 5 nitrogen and oxygen atoms in total. The number of fused-ring (bicyclic) bond motifs is 1. The molecule has 0 radical (unpaired) electrons. The van der Waals surface area contributed by atoms with Crippen LogP contribution in [-0.4, -0.2) is 23.2 Å². The Morgan fingerprint density at radius 2 is 1.96 bits per heavy atom. The van der Waals surface area contributed by atoms with Gasteiger partial charge in [0.15, 0.2) is 11.5 Å². The summed E-state index contributed by atoms with van der Waals surface area (Å²) >= 11 is 6.37. The summed E-state index contributed by atoms with van der Waals surface area (Å²) in [7, 11) is 0. The molecule has 1 aromatic heterocycles. The quantitative estimate of drug-likeness (QED) is 0.627. The zero-order chi connectivity index (χ0) is 19.2. The Morgan fingerprint density at radius 1 is 1.15 bits per heavy atom. The number of H-pyrrole nitrogens is 1. The van der Waals surface area contributed by atoms with Crippen LogP contribution in [0.4, 0.5) is 0 Å². The molecule has 0 unspecified atom stereocenters. The molecule has 0 fully saturated rings. The standard InChI is InChI=1S/C21H21ClN2O3/c1-3-11-27-20-15(22)12-14(13-19(20)26-4-2)9-10-18-21(25)24-17-8-6-5-7-16(17)23-18/h5-10,12-13H,3-4,11H2,1-2H3,(H,24,25)/b10-9+. The molecule has 0 spiro atoms. The Morgan fingerprint density at radius 3 is 2.74 bits per heavy atom. The minimum absolute atomic E-state index is 0.246. The van der Waals surface area contributed by atoms with E-state index in [1.165, 1.54) is 0 Å². The third-order valence-electron chi connectivity index (χ3n) is 3.84. The van der Waals surface area contributed by atoms with Crippen molar-refractivity contribution >= 4 is 34.8 Å². The molecule has 0 aliphatic carbocycles. The van der Waals surface area contributed by atoms with Crippen molar-refractivity contribution in [3.8, 4) is 11.5 Å². The number of aromatic nitrogens is 2. The van der Waals surface area contributed by atoms with Crippen molar-refractivity contribution in [3.63, 3.8) is 0 Å². The fourth-order valence-electron chi connectivity index (χ4n) is 2.62. The molecule has 0 saturated carbocycles. The summed E-state index contributed by atoms with van der Waals surface area (Å²) in [5, 5.41) is 0.467. The van der Waals surface area contributed by atoms with Crippen molar-refractivity contribution < 1.29 is 9.47 Å². The molecule has 0 saturated heterocycles. The van der Waals surface area contributed by atoms with Crippen LogP contribution in [0.3, 0.4) is 0 Å². The van der Waals surface area contributed by atoms with Gasteiger partial charge in [-0.25, -0.2) is 4.98 Å². The number of para-hydroxylation sites is 2. The Balaban J connectivity index is 1.95. The first-order valence-electron chi connectivity index (χ1n) is 8.88. The smallest absolute Gasteiger partial charge is 0.274 e. The Labute approximate surface area is 162 Å². The number of ether oxygens (including phenoxy) is 2. The highest BCUT2D eigenvalue weighted by Gasteiger charge is 2.12. The van der Waals surface area contributed by atoms with Crippen LogP contribution < -0.4 is 15.0 Å². The third kappa shape index (κ3) is 4.49. The van der Waals surface area contributed by atoms with Gasteiger partial charge in [-0.05, 0) is 49.2 Å². The van der Waals surface area contributed by atoms with Crippen molar-refractivity contribution in [2.45, 2.75) is 20.3 Å². The summed E-state index contributed by atoms with van der Waals surface area (Å²) < 4.78 is 11.4. The van der Waals surface area contributed by atoms with Gasteiger partial charge in [0.2, 0.25) is 0 Å². The minimum Gasteiger partial charge on any atom is -0.490 e. The molecule has 1 N–H and O–H groups in total. The number of nitrogens with zero attached hydrogens (tertiary/aromatic N) is 1. The summed E-state index contributed by atoms with van der Waals surface area (Å²) in [5.74, 6) is 1.12. The zero-order valence-corrected chi connectivity index (χ0v) is 16.0. The summed E-state index contributed by atoms with van der Waals surface area (Å²) in [6.45, 7) is 4.99. The van der Waals surface area contributed by atoms with Crippen LogP contribution in [0.1, 0.15) is 31.5 Å². The maximum Gasteiger partial charge on any atom is 0.274 e. The molecular weight excluding hydrogens is 364 g/mol. The third-order valence-corrected chi connectivity index (χ3v) is 4.12. The second kappa shape index (κ2) is 8.73. The fourth-order valence-corrected chi connectivity index (χ4v) is 2.90. The number of benzene rings is 2. The van der Waals surface area contributed by atoms with Crippen LogP contribution in [0.25, 0.3) is 23.2 Å². The highest BCUT2D eigenvalue weighted by molar-refractivity contribution is 6.32. The molecule has 6 heteroatoms. The van der Waals surface area contributed by atoms with Gasteiger partial charge in [0.25, 0.3) is 5.56 Å². The lowest BCUT2D eigenvalue weighted by molar-refractivity contribution is 0.277. The van der Waals surface area contributed by atoms with Gasteiger partial charge in [-0.3, -0.25) is 4.79 Å². The number of hydrogen-bond donors (Lipinski definition) is 1. The molecule has 140 valence electrons. The normalized spacial score (nSPS) is 11.2. The first kappa shape index (κ1) is 19.0. The lowest BCUT2D eigenvalue weighted by Gasteiger charge is -2.14. The molecule has 0 bridgehead atoms. The van der Waals surface area contributed by atoms with E-state index in [-0.39, 0.29) is 5.56 Å². The summed E-state index contributed by atoms with van der Waals surface area (Å²) in [6.07, 6.45) is 4.32. The molecule has 3 rings (SSSR count). The molecule has 27 heavy (non-hydrogen) atoms. The monoisotopic (exact) mass is 384 g/mol. The van der Waals surface area contributed by atoms with Crippen molar-refractivity contribution in [1.82, 2.24) is 9.97 Å². The second-order valence-electron chi connectivity index (χ2n) is 5.91. The number of hydrogen-bond acceptors (Lipinski definition) is 4. The van der Waals surface area contributed by atoms with Crippen molar-refractivity contribution in [2.75, 3.05) is 13.2 Å². The molecule has 3 aromatic rings. The number of rotatable bonds is 7. The molecule has 0 atom stereocenters. The second-order valence-corrected chi connectivity index (χ2v) is 6.32. The first-order valence-corrected chi connectivity index (χ1v) is 9.26. The van der Waals surface area contributed by atoms with Gasteiger partial charge in [0, 0.05) is 0 Å².